The smallest absolute Gasteiger partial charge is 0.148 e. The topological polar surface area (TPSA) is 34.1 Å². The molecule has 116 valence electrons. The Morgan fingerprint density at radius 1 is 1.50 bits per heavy atom. The molecule has 5 heteroatoms. The number of thiazole rings is 1. The summed E-state index contributed by atoms with van der Waals surface area (Å²) in [6, 6.07) is 6.20. The Morgan fingerprint density at radius 3 is 2.95 bits per heavy atom. The molecule has 0 aliphatic rings. The summed E-state index contributed by atoms with van der Waals surface area (Å²) in [5.41, 5.74) is 2.15. The third kappa shape index (κ3) is 4.57. The molecule has 1 aromatic heterocycles. The normalized spacial score (nSPS) is 11.9. The van der Waals surface area contributed by atoms with Gasteiger partial charge in [0.1, 0.15) is 17.4 Å². The van der Waals surface area contributed by atoms with Crippen LogP contribution < -0.4 is 10.1 Å². The van der Waals surface area contributed by atoms with E-state index in [0.717, 1.165) is 32.9 Å². The van der Waals surface area contributed by atoms with E-state index >= 15 is 0 Å². The predicted molar refractivity (Wildman–Crippen MR) is 95.2 cm³/mol. The minimum absolute atomic E-state index is 0.248. The lowest BCUT2D eigenvalue weighted by Crippen LogP contribution is -2.20. The quantitative estimate of drug-likeness (QED) is 0.721. The molecule has 3 nitrogen and oxygen atoms in total. The second-order valence-corrected chi connectivity index (χ2v) is 6.72. The van der Waals surface area contributed by atoms with Crippen molar-refractivity contribution in [3.63, 3.8) is 0 Å². The number of benzene rings is 1. The molecule has 1 N–H and O–H groups in total. The number of hydrogen-bond acceptors (Lipinski definition) is 4. The lowest BCUT2D eigenvalue weighted by Gasteiger charge is -2.16. The van der Waals surface area contributed by atoms with E-state index < -0.39 is 0 Å². The third-order valence-corrected chi connectivity index (χ3v) is 4.79. The van der Waals surface area contributed by atoms with E-state index in [2.05, 4.69) is 50.5 Å². The molecule has 0 radical (unpaired) electrons. The standard InChI is InChI=1S/C17H19BrN2OS/c1-4-8-21-16-7-6-14(18)9-13(16)10-19-15(5-2)17-20-12(3)11-22-17/h1,6-7,9,11,15,19H,5,8,10H2,2-3H3. The summed E-state index contributed by atoms with van der Waals surface area (Å²) in [6.45, 7) is 5.16. The van der Waals surface area contributed by atoms with E-state index in [1.165, 1.54) is 0 Å². The molecule has 0 aliphatic heterocycles. The van der Waals surface area contributed by atoms with Gasteiger partial charge in [-0.1, -0.05) is 28.8 Å². The fourth-order valence-corrected chi connectivity index (χ4v) is 3.48. The van der Waals surface area contributed by atoms with E-state index in [0.29, 0.717) is 6.54 Å². The van der Waals surface area contributed by atoms with Crippen LogP contribution in [0.15, 0.2) is 28.1 Å². The molecule has 0 bridgehead atoms. The highest BCUT2D eigenvalue weighted by Gasteiger charge is 2.14. The minimum Gasteiger partial charge on any atom is -0.481 e. The maximum Gasteiger partial charge on any atom is 0.148 e. The average molecular weight is 379 g/mol. The number of nitrogens with zero attached hydrogens (tertiary/aromatic N) is 1. The van der Waals surface area contributed by atoms with E-state index in [9.17, 15) is 0 Å². The molecule has 1 aromatic carbocycles. The van der Waals surface area contributed by atoms with Crippen molar-refractivity contribution in [2.24, 2.45) is 0 Å². The van der Waals surface area contributed by atoms with Gasteiger partial charge in [-0.3, -0.25) is 0 Å². The third-order valence-electron chi connectivity index (χ3n) is 3.22. The monoisotopic (exact) mass is 378 g/mol. The van der Waals surface area contributed by atoms with Gasteiger partial charge in [-0.2, -0.15) is 0 Å². The summed E-state index contributed by atoms with van der Waals surface area (Å²) >= 11 is 5.20. The number of halogens is 1. The Kier molecular flexibility index (Phi) is 6.44. The van der Waals surface area contributed by atoms with Crippen LogP contribution in [0.5, 0.6) is 5.75 Å². The van der Waals surface area contributed by atoms with Crippen LogP contribution in [0.4, 0.5) is 0 Å². The van der Waals surface area contributed by atoms with Crippen LogP contribution in [0.1, 0.15) is 35.7 Å². The van der Waals surface area contributed by atoms with E-state index in [1.54, 1.807) is 11.3 Å². The highest BCUT2D eigenvalue weighted by Crippen LogP contribution is 2.26. The number of hydrogen-bond donors (Lipinski definition) is 1. The van der Waals surface area contributed by atoms with Crippen molar-refractivity contribution < 1.29 is 4.74 Å². The van der Waals surface area contributed by atoms with Crippen molar-refractivity contribution in [2.75, 3.05) is 6.61 Å². The van der Waals surface area contributed by atoms with Gasteiger partial charge in [0.15, 0.2) is 0 Å². The van der Waals surface area contributed by atoms with Crippen molar-refractivity contribution in [3.05, 3.63) is 44.3 Å². The van der Waals surface area contributed by atoms with Crippen molar-refractivity contribution >= 4 is 27.3 Å². The molecule has 0 spiro atoms. The molecule has 0 saturated heterocycles. The summed E-state index contributed by atoms with van der Waals surface area (Å²) in [5, 5.41) is 6.76. The first-order valence-electron chi connectivity index (χ1n) is 7.14. The van der Waals surface area contributed by atoms with Gasteiger partial charge in [-0.25, -0.2) is 4.98 Å². The van der Waals surface area contributed by atoms with Gasteiger partial charge >= 0.3 is 0 Å². The fraction of sp³-hybridized carbons (Fsp3) is 0.353. The van der Waals surface area contributed by atoms with Crippen LogP contribution in [0.3, 0.4) is 0 Å². The van der Waals surface area contributed by atoms with Crippen molar-refractivity contribution in [3.8, 4) is 18.1 Å². The summed E-state index contributed by atoms with van der Waals surface area (Å²) in [4.78, 5) is 4.57. The molecule has 22 heavy (non-hydrogen) atoms. The van der Waals surface area contributed by atoms with E-state index in [-0.39, 0.29) is 12.6 Å². The van der Waals surface area contributed by atoms with Gasteiger partial charge in [0.05, 0.1) is 6.04 Å². The average Bonchev–Trinajstić information content (AvgIpc) is 2.93. The summed E-state index contributed by atoms with van der Waals surface area (Å²) in [7, 11) is 0. The van der Waals surface area contributed by atoms with E-state index in [1.807, 2.05) is 19.1 Å². The van der Waals surface area contributed by atoms with Crippen LogP contribution in [-0.4, -0.2) is 11.6 Å². The lowest BCUT2D eigenvalue weighted by atomic mass is 10.1. The molecule has 1 heterocycles. The molecule has 0 saturated carbocycles. The number of rotatable bonds is 7. The molecule has 0 aliphatic carbocycles. The second kappa shape index (κ2) is 8.33. The minimum atomic E-state index is 0.248. The molecule has 0 fully saturated rings. The Bertz CT molecular complexity index is 663. The Morgan fingerprint density at radius 2 is 2.32 bits per heavy atom. The molecule has 2 aromatic rings. The molecular formula is C17H19BrN2OS. The molecule has 2 rings (SSSR count). The zero-order valence-corrected chi connectivity index (χ0v) is 15.1. The first kappa shape index (κ1) is 17.0. The van der Waals surface area contributed by atoms with Gasteiger partial charge in [-0.05, 0) is 31.5 Å². The molecule has 1 unspecified atom stereocenters. The van der Waals surface area contributed by atoms with Gasteiger partial charge < -0.3 is 10.1 Å². The first-order valence-corrected chi connectivity index (χ1v) is 8.81. The Labute approximate surface area is 144 Å². The largest absolute Gasteiger partial charge is 0.481 e. The van der Waals surface area contributed by atoms with Gasteiger partial charge in [0.25, 0.3) is 0 Å². The van der Waals surface area contributed by atoms with Crippen LogP contribution in [0.25, 0.3) is 0 Å². The highest BCUT2D eigenvalue weighted by atomic mass is 79.9. The van der Waals surface area contributed by atoms with Crippen LogP contribution in [0, 0.1) is 19.3 Å². The molecular weight excluding hydrogens is 360 g/mol. The second-order valence-electron chi connectivity index (χ2n) is 4.91. The van der Waals surface area contributed by atoms with Gasteiger partial charge in [0.2, 0.25) is 0 Å². The molecule has 1 atom stereocenters. The molecule has 0 amide bonds. The van der Waals surface area contributed by atoms with Crippen molar-refractivity contribution in [1.29, 1.82) is 0 Å². The number of aryl methyl sites for hydroxylation is 1. The fourth-order valence-electron chi connectivity index (χ4n) is 2.12. The number of aromatic nitrogens is 1. The summed E-state index contributed by atoms with van der Waals surface area (Å²) in [6.07, 6.45) is 6.26. The van der Waals surface area contributed by atoms with Crippen LogP contribution >= 0.6 is 27.3 Å². The lowest BCUT2D eigenvalue weighted by molar-refractivity contribution is 0.363. The number of terminal acetylenes is 1. The summed E-state index contributed by atoms with van der Waals surface area (Å²) < 4.78 is 6.63. The predicted octanol–water partition coefficient (Wildman–Crippen LogP) is 4.47. The number of nitrogens with one attached hydrogen (secondary N) is 1. The van der Waals surface area contributed by atoms with E-state index in [4.69, 9.17) is 11.2 Å². The van der Waals surface area contributed by atoms with Crippen LogP contribution in [-0.2, 0) is 6.54 Å². The van der Waals surface area contributed by atoms with Gasteiger partial charge in [0, 0.05) is 27.7 Å². The van der Waals surface area contributed by atoms with Crippen LogP contribution in [0.2, 0.25) is 0 Å². The highest BCUT2D eigenvalue weighted by molar-refractivity contribution is 9.10. The van der Waals surface area contributed by atoms with Crippen molar-refractivity contribution in [1.82, 2.24) is 10.3 Å². The maximum absolute atomic E-state index is 5.61. The number of ether oxygens (including phenoxy) is 1. The maximum atomic E-state index is 5.61. The van der Waals surface area contributed by atoms with Crippen molar-refractivity contribution in [2.45, 2.75) is 32.9 Å². The SMILES string of the molecule is C#CCOc1ccc(Br)cc1CNC(CC)c1nc(C)cs1. The zero-order valence-electron chi connectivity index (χ0n) is 12.7. The first-order chi connectivity index (χ1) is 10.6. The Balaban J connectivity index is 2.09. The zero-order chi connectivity index (χ0) is 15.9. The van der Waals surface area contributed by atoms with Gasteiger partial charge in [-0.15, -0.1) is 17.8 Å². The Hall–Kier alpha value is -1.35. The summed E-state index contributed by atoms with van der Waals surface area (Å²) in [5.74, 6) is 3.32.